The second-order valence-electron chi connectivity index (χ2n) is 4.26. The van der Waals surface area contributed by atoms with Gasteiger partial charge in [0.05, 0.1) is 17.6 Å². The smallest absolute Gasteiger partial charge is 0.378 e. The Morgan fingerprint density at radius 3 is 2.78 bits per heavy atom. The van der Waals surface area contributed by atoms with E-state index in [0.717, 1.165) is 6.42 Å². The normalized spacial score (nSPS) is 25.2. The van der Waals surface area contributed by atoms with E-state index in [1.165, 1.54) is 0 Å². The van der Waals surface area contributed by atoms with Crippen molar-refractivity contribution < 1.29 is 9.66 Å². The quantitative estimate of drug-likeness (QED) is 0.196. The Labute approximate surface area is 123 Å². The van der Waals surface area contributed by atoms with E-state index in [1.807, 2.05) is 13.8 Å². The Hall–Kier alpha value is -0.210. The fourth-order valence-corrected chi connectivity index (χ4v) is 2.30. The van der Waals surface area contributed by atoms with Crippen molar-refractivity contribution in [2.75, 3.05) is 19.7 Å². The summed E-state index contributed by atoms with van der Waals surface area (Å²) in [5, 5.41) is 13.9. The van der Waals surface area contributed by atoms with E-state index in [9.17, 15) is 10.1 Å². The monoisotopic (exact) mass is 385 g/mol. The highest BCUT2D eigenvalue weighted by atomic mass is 79.9. The summed E-state index contributed by atoms with van der Waals surface area (Å²) in [6, 6.07) is 0. The van der Waals surface area contributed by atoms with Crippen molar-refractivity contribution in [1.29, 1.82) is 0 Å². The van der Waals surface area contributed by atoms with Crippen molar-refractivity contribution in [3.63, 3.8) is 0 Å². The zero-order valence-corrected chi connectivity index (χ0v) is 13.5. The summed E-state index contributed by atoms with van der Waals surface area (Å²) in [5.74, 6) is 0.616. The number of likely N-dealkylation sites (N-methyl/N-ethyl adjacent to an activating group) is 1. The third kappa shape index (κ3) is 4.17. The molecule has 2 atom stereocenters. The van der Waals surface area contributed by atoms with Crippen molar-refractivity contribution in [3.8, 4) is 0 Å². The number of rotatable bonds is 5. The van der Waals surface area contributed by atoms with Crippen LogP contribution in [0.2, 0.25) is 0 Å². The fourth-order valence-electron chi connectivity index (χ4n) is 1.76. The molecule has 0 bridgehead atoms. The molecule has 0 aromatic rings. The van der Waals surface area contributed by atoms with Gasteiger partial charge < -0.3 is 10.1 Å². The standard InChI is InChI=1S/C10H17Br2N3O3/c1-3-13-9(10(11,12)15(16)17)14-5-8-4-7(2)18-6-8/h7-8H,3-6H2,1-2H3,(H,13,14). The maximum absolute atomic E-state index is 11.0. The van der Waals surface area contributed by atoms with E-state index in [1.54, 1.807) is 0 Å². The van der Waals surface area contributed by atoms with E-state index < -0.39 is 8.28 Å². The molecular weight excluding hydrogens is 370 g/mol. The lowest BCUT2D eigenvalue weighted by molar-refractivity contribution is -0.486. The van der Waals surface area contributed by atoms with Gasteiger partial charge in [0.2, 0.25) is 0 Å². The number of ether oxygens (including phenoxy) is 1. The second kappa shape index (κ2) is 6.81. The minimum Gasteiger partial charge on any atom is -0.378 e. The summed E-state index contributed by atoms with van der Waals surface area (Å²) in [6.45, 7) is 5.65. The molecule has 0 aliphatic carbocycles. The zero-order valence-electron chi connectivity index (χ0n) is 10.4. The molecule has 1 rings (SSSR count). The lowest BCUT2D eigenvalue weighted by atomic mass is 10.1. The van der Waals surface area contributed by atoms with Crippen molar-refractivity contribution >= 4 is 37.7 Å². The van der Waals surface area contributed by atoms with Gasteiger partial charge in [-0.15, -0.1) is 0 Å². The molecule has 2 unspecified atom stereocenters. The molecule has 1 heterocycles. The number of nitro groups is 1. The number of nitrogens with one attached hydrogen (secondary N) is 1. The molecule has 0 radical (unpaired) electrons. The van der Waals surface area contributed by atoms with Crippen LogP contribution in [-0.4, -0.2) is 39.9 Å². The first kappa shape index (κ1) is 15.8. The van der Waals surface area contributed by atoms with Gasteiger partial charge in [-0.3, -0.25) is 15.1 Å². The average Bonchev–Trinajstić information content (AvgIpc) is 2.69. The largest absolute Gasteiger partial charge is 0.382 e. The molecule has 0 aromatic heterocycles. The molecule has 8 heteroatoms. The highest BCUT2D eigenvalue weighted by Gasteiger charge is 2.43. The maximum atomic E-state index is 11.0. The molecule has 0 aromatic carbocycles. The van der Waals surface area contributed by atoms with Gasteiger partial charge in [0, 0.05) is 50.9 Å². The van der Waals surface area contributed by atoms with E-state index in [4.69, 9.17) is 4.74 Å². The van der Waals surface area contributed by atoms with Gasteiger partial charge in [-0.2, -0.15) is 0 Å². The van der Waals surface area contributed by atoms with E-state index in [0.29, 0.717) is 25.6 Å². The Morgan fingerprint density at radius 2 is 2.33 bits per heavy atom. The molecule has 1 N–H and O–H groups in total. The van der Waals surface area contributed by atoms with Crippen LogP contribution in [0.3, 0.4) is 0 Å². The summed E-state index contributed by atoms with van der Waals surface area (Å²) in [5.41, 5.74) is 0. The average molecular weight is 387 g/mol. The summed E-state index contributed by atoms with van der Waals surface area (Å²) < 4.78 is 3.90. The third-order valence-electron chi connectivity index (χ3n) is 2.65. The topological polar surface area (TPSA) is 76.8 Å². The fraction of sp³-hybridized carbons (Fsp3) is 0.900. The Kier molecular flexibility index (Phi) is 6.00. The van der Waals surface area contributed by atoms with Gasteiger partial charge in [-0.25, -0.2) is 0 Å². The number of aliphatic imine (C=N–C) groups is 1. The molecule has 18 heavy (non-hydrogen) atoms. The van der Waals surface area contributed by atoms with Crippen LogP contribution in [0.15, 0.2) is 4.99 Å². The third-order valence-corrected chi connectivity index (χ3v) is 3.98. The predicted molar refractivity (Wildman–Crippen MR) is 77.1 cm³/mol. The van der Waals surface area contributed by atoms with Gasteiger partial charge in [0.25, 0.3) is 0 Å². The first-order valence-electron chi connectivity index (χ1n) is 5.80. The van der Waals surface area contributed by atoms with Crippen LogP contribution in [0.25, 0.3) is 0 Å². The SMILES string of the molecule is CCNC(=NCC1COC(C)C1)C(Br)(Br)[N+](=O)[O-]. The highest BCUT2D eigenvalue weighted by molar-refractivity contribution is 9.25. The van der Waals surface area contributed by atoms with Crippen LogP contribution in [-0.2, 0) is 4.74 Å². The minimum absolute atomic E-state index is 0.251. The van der Waals surface area contributed by atoms with E-state index in [2.05, 4.69) is 42.2 Å². The van der Waals surface area contributed by atoms with Gasteiger partial charge in [-0.05, 0) is 20.3 Å². The summed E-state index contributed by atoms with van der Waals surface area (Å²) >= 11 is 6.06. The molecule has 0 saturated carbocycles. The molecule has 0 spiro atoms. The summed E-state index contributed by atoms with van der Waals surface area (Å²) in [7, 11) is 0. The van der Waals surface area contributed by atoms with Crippen LogP contribution < -0.4 is 5.32 Å². The second-order valence-corrected chi connectivity index (χ2v) is 7.62. The number of nitrogens with zero attached hydrogens (tertiary/aromatic N) is 2. The van der Waals surface area contributed by atoms with Crippen molar-refractivity contribution in [2.24, 2.45) is 10.9 Å². The van der Waals surface area contributed by atoms with Crippen molar-refractivity contribution in [2.45, 2.75) is 29.7 Å². The molecular formula is C10H17Br2N3O3. The number of hydrogen-bond donors (Lipinski definition) is 1. The molecule has 1 aliphatic rings. The Bertz CT molecular complexity index is 336. The lowest BCUT2D eigenvalue weighted by Crippen LogP contribution is -2.43. The molecule has 6 nitrogen and oxygen atoms in total. The highest BCUT2D eigenvalue weighted by Crippen LogP contribution is 2.28. The Morgan fingerprint density at radius 1 is 1.67 bits per heavy atom. The minimum atomic E-state index is -1.54. The van der Waals surface area contributed by atoms with Gasteiger partial charge in [0.15, 0.2) is 5.84 Å². The molecule has 1 saturated heterocycles. The first-order chi connectivity index (χ1) is 8.37. The molecule has 1 fully saturated rings. The van der Waals surface area contributed by atoms with Gasteiger partial charge in [-0.1, -0.05) is 0 Å². The molecule has 104 valence electrons. The van der Waals surface area contributed by atoms with Gasteiger partial charge >= 0.3 is 3.36 Å². The van der Waals surface area contributed by atoms with E-state index >= 15 is 0 Å². The Balaban J connectivity index is 2.69. The van der Waals surface area contributed by atoms with Crippen LogP contribution in [0.1, 0.15) is 20.3 Å². The molecule has 0 amide bonds. The van der Waals surface area contributed by atoms with Crippen LogP contribution in [0.5, 0.6) is 0 Å². The number of halogens is 2. The van der Waals surface area contributed by atoms with Crippen molar-refractivity contribution in [1.82, 2.24) is 5.32 Å². The zero-order chi connectivity index (χ0) is 13.8. The van der Waals surface area contributed by atoms with Crippen LogP contribution in [0.4, 0.5) is 0 Å². The number of amidine groups is 1. The number of hydrogen-bond acceptors (Lipinski definition) is 4. The van der Waals surface area contributed by atoms with Gasteiger partial charge in [0.1, 0.15) is 0 Å². The van der Waals surface area contributed by atoms with E-state index in [-0.39, 0.29) is 11.9 Å². The summed E-state index contributed by atoms with van der Waals surface area (Å²) in [4.78, 5) is 14.8. The predicted octanol–water partition coefficient (Wildman–Crippen LogP) is 2.14. The molecule has 1 aliphatic heterocycles. The van der Waals surface area contributed by atoms with Crippen LogP contribution >= 0.6 is 31.9 Å². The first-order valence-corrected chi connectivity index (χ1v) is 7.39. The van der Waals surface area contributed by atoms with Crippen molar-refractivity contribution in [3.05, 3.63) is 10.1 Å². The van der Waals surface area contributed by atoms with Crippen LogP contribution in [0, 0.1) is 16.0 Å². The maximum Gasteiger partial charge on any atom is 0.382 e. The summed E-state index contributed by atoms with van der Waals surface area (Å²) in [6.07, 6.45) is 1.19. The lowest BCUT2D eigenvalue weighted by Gasteiger charge is -2.16. The number of alkyl halides is 2.